The lowest BCUT2D eigenvalue weighted by atomic mass is 10.2. The van der Waals surface area contributed by atoms with Crippen LogP contribution in [0.25, 0.3) is 0 Å². The average Bonchev–Trinajstić information content (AvgIpc) is 2.83. The van der Waals surface area contributed by atoms with Gasteiger partial charge in [0.05, 0.1) is 0 Å². The van der Waals surface area contributed by atoms with E-state index in [4.69, 9.17) is 9.84 Å². The Hall–Kier alpha value is -0.0800. The van der Waals surface area contributed by atoms with E-state index in [1.54, 1.807) is 0 Å². The van der Waals surface area contributed by atoms with Crippen molar-refractivity contribution in [3.05, 3.63) is 0 Å². The topological polar surface area (TPSA) is 29.5 Å². The van der Waals surface area contributed by atoms with Crippen LogP contribution >= 0.6 is 0 Å². The minimum absolute atomic E-state index is 0.375. The lowest BCUT2D eigenvalue weighted by Gasteiger charge is -2.01. The first-order valence-corrected chi connectivity index (χ1v) is 5.07. The Morgan fingerprint density at radius 3 is 2.75 bits per heavy atom. The molecule has 0 unspecified atom stereocenters. The van der Waals surface area contributed by atoms with E-state index in [-0.39, 0.29) is 0 Å². The molecule has 1 fully saturated rings. The fourth-order valence-electron chi connectivity index (χ4n) is 1.47. The summed E-state index contributed by atoms with van der Waals surface area (Å²) in [4.78, 5) is 0. The Balaban J connectivity index is 1.78. The van der Waals surface area contributed by atoms with Gasteiger partial charge in [0.1, 0.15) is 0 Å². The van der Waals surface area contributed by atoms with Gasteiger partial charge in [0.25, 0.3) is 0 Å². The average molecular weight is 172 g/mol. The van der Waals surface area contributed by atoms with Crippen molar-refractivity contribution in [2.75, 3.05) is 19.8 Å². The molecule has 0 spiro atoms. The largest absolute Gasteiger partial charge is 0.396 e. The molecule has 2 atom stereocenters. The molecule has 0 amide bonds. The number of hydrogen-bond donors (Lipinski definition) is 1. The fourth-order valence-corrected chi connectivity index (χ4v) is 1.47. The second kappa shape index (κ2) is 5.55. The van der Waals surface area contributed by atoms with Crippen molar-refractivity contribution in [2.45, 2.75) is 32.6 Å². The molecular formula is C10H20O2. The van der Waals surface area contributed by atoms with E-state index < -0.39 is 0 Å². The van der Waals surface area contributed by atoms with Crippen LogP contribution in [-0.4, -0.2) is 24.9 Å². The number of aliphatic hydroxyl groups excluding tert-OH is 1. The zero-order valence-corrected chi connectivity index (χ0v) is 7.96. The van der Waals surface area contributed by atoms with E-state index in [9.17, 15) is 0 Å². The van der Waals surface area contributed by atoms with Gasteiger partial charge in [0.15, 0.2) is 0 Å². The van der Waals surface area contributed by atoms with E-state index in [1.165, 1.54) is 19.3 Å². The zero-order valence-electron chi connectivity index (χ0n) is 7.96. The van der Waals surface area contributed by atoms with E-state index in [2.05, 4.69) is 6.92 Å². The van der Waals surface area contributed by atoms with E-state index in [0.29, 0.717) is 12.5 Å². The molecule has 12 heavy (non-hydrogen) atoms. The fraction of sp³-hybridized carbons (Fsp3) is 1.00. The molecule has 1 saturated carbocycles. The molecule has 0 aromatic heterocycles. The van der Waals surface area contributed by atoms with Crippen LogP contribution in [0.4, 0.5) is 0 Å². The van der Waals surface area contributed by atoms with Crippen LogP contribution in [0.3, 0.4) is 0 Å². The first-order chi connectivity index (χ1) is 5.88. The molecule has 0 radical (unpaired) electrons. The van der Waals surface area contributed by atoms with Crippen LogP contribution in [0.5, 0.6) is 0 Å². The summed E-state index contributed by atoms with van der Waals surface area (Å²) in [6, 6.07) is 0. The first-order valence-electron chi connectivity index (χ1n) is 5.07. The van der Waals surface area contributed by atoms with Crippen molar-refractivity contribution in [3.63, 3.8) is 0 Å². The molecule has 0 saturated heterocycles. The van der Waals surface area contributed by atoms with Gasteiger partial charge in [-0.15, -0.1) is 0 Å². The first kappa shape index (κ1) is 10.0. The molecule has 2 heteroatoms. The van der Waals surface area contributed by atoms with Gasteiger partial charge in [-0.05, 0) is 31.1 Å². The second-order valence-corrected chi connectivity index (χ2v) is 3.69. The van der Waals surface area contributed by atoms with Gasteiger partial charge in [0, 0.05) is 19.8 Å². The van der Waals surface area contributed by atoms with Crippen LogP contribution in [0, 0.1) is 11.8 Å². The van der Waals surface area contributed by atoms with Crippen LogP contribution < -0.4 is 0 Å². The minimum atomic E-state index is 0.375. The monoisotopic (exact) mass is 172 g/mol. The molecule has 1 aliphatic carbocycles. The van der Waals surface area contributed by atoms with Crippen molar-refractivity contribution in [1.82, 2.24) is 0 Å². The van der Waals surface area contributed by atoms with Gasteiger partial charge >= 0.3 is 0 Å². The Morgan fingerprint density at radius 1 is 1.33 bits per heavy atom. The summed E-state index contributed by atoms with van der Waals surface area (Å²) in [7, 11) is 0. The predicted molar refractivity (Wildman–Crippen MR) is 49.0 cm³/mol. The molecule has 0 heterocycles. The van der Waals surface area contributed by atoms with E-state index >= 15 is 0 Å². The highest BCUT2D eigenvalue weighted by atomic mass is 16.5. The second-order valence-electron chi connectivity index (χ2n) is 3.69. The quantitative estimate of drug-likeness (QED) is 0.594. The summed E-state index contributed by atoms with van der Waals surface area (Å²) in [6.07, 6.45) is 4.75. The summed E-state index contributed by atoms with van der Waals surface area (Å²) in [5, 5.41) is 8.78. The number of rotatable bonds is 7. The van der Waals surface area contributed by atoms with Gasteiger partial charge < -0.3 is 9.84 Å². The predicted octanol–water partition coefficient (Wildman–Crippen LogP) is 1.82. The molecule has 0 aliphatic heterocycles. The molecule has 2 nitrogen and oxygen atoms in total. The number of aliphatic hydroxyl groups is 1. The SMILES string of the molecule is CCCCOCC[C@@H]1C[C@@H]1CO. The van der Waals surface area contributed by atoms with Gasteiger partial charge in [-0.2, -0.15) is 0 Å². The summed E-state index contributed by atoms with van der Waals surface area (Å²) >= 11 is 0. The number of hydrogen-bond acceptors (Lipinski definition) is 2. The molecule has 1 aliphatic rings. The molecule has 1 N–H and O–H groups in total. The van der Waals surface area contributed by atoms with Crippen molar-refractivity contribution in [2.24, 2.45) is 11.8 Å². The Labute approximate surface area is 74.9 Å². The molecule has 72 valence electrons. The smallest absolute Gasteiger partial charge is 0.0468 e. The van der Waals surface area contributed by atoms with Crippen molar-refractivity contribution < 1.29 is 9.84 Å². The minimum Gasteiger partial charge on any atom is -0.396 e. The van der Waals surface area contributed by atoms with Crippen LogP contribution in [0.1, 0.15) is 32.6 Å². The Kier molecular flexibility index (Phi) is 4.62. The van der Waals surface area contributed by atoms with Gasteiger partial charge in [0.2, 0.25) is 0 Å². The number of unbranched alkanes of at least 4 members (excludes halogenated alkanes) is 1. The summed E-state index contributed by atoms with van der Waals surface area (Å²) in [5.74, 6) is 1.36. The van der Waals surface area contributed by atoms with Gasteiger partial charge in [-0.1, -0.05) is 13.3 Å². The van der Waals surface area contributed by atoms with Crippen LogP contribution in [-0.2, 0) is 4.74 Å². The maximum absolute atomic E-state index is 8.78. The number of ether oxygens (including phenoxy) is 1. The Morgan fingerprint density at radius 2 is 2.17 bits per heavy atom. The van der Waals surface area contributed by atoms with Crippen LogP contribution in [0.15, 0.2) is 0 Å². The lowest BCUT2D eigenvalue weighted by molar-refractivity contribution is 0.123. The third-order valence-electron chi connectivity index (χ3n) is 2.58. The standard InChI is InChI=1S/C10H20O2/c1-2-3-5-12-6-4-9-7-10(9)8-11/h9-11H,2-8H2,1H3/t9-,10-/m1/s1. The molecule has 0 aromatic carbocycles. The van der Waals surface area contributed by atoms with E-state index in [0.717, 1.165) is 25.6 Å². The Bertz CT molecular complexity index is 114. The van der Waals surface area contributed by atoms with Crippen molar-refractivity contribution >= 4 is 0 Å². The highest BCUT2D eigenvalue weighted by Crippen LogP contribution is 2.40. The summed E-state index contributed by atoms with van der Waals surface area (Å²) < 4.78 is 5.44. The summed E-state index contributed by atoms with van der Waals surface area (Å²) in [6.45, 7) is 4.35. The normalized spacial score (nSPS) is 27.5. The van der Waals surface area contributed by atoms with Gasteiger partial charge in [-0.3, -0.25) is 0 Å². The third-order valence-corrected chi connectivity index (χ3v) is 2.58. The highest BCUT2D eigenvalue weighted by Gasteiger charge is 2.35. The van der Waals surface area contributed by atoms with Crippen molar-refractivity contribution in [1.29, 1.82) is 0 Å². The molecule has 0 bridgehead atoms. The maximum atomic E-state index is 8.78. The van der Waals surface area contributed by atoms with Crippen molar-refractivity contribution in [3.8, 4) is 0 Å². The maximum Gasteiger partial charge on any atom is 0.0468 e. The summed E-state index contributed by atoms with van der Waals surface area (Å²) in [5.41, 5.74) is 0. The van der Waals surface area contributed by atoms with Crippen LogP contribution in [0.2, 0.25) is 0 Å². The van der Waals surface area contributed by atoms with E-state index in [1.807, 2.05) is 0 Å². The van der Waals surface area contributed by atoms with Gasteiger partial charge in [-0.25, -0.2) is 0 Å². The highest BCUT2D eigenvalue weighted by molar-refractivity contribution is 4.84. The molecule has 0 aromatic rings. The third kappa shape index (κ3) is 3.55. The molecule has 1 rings (SSSR count). The lowest BCUT2D eigenvalue weighted by Crippen LogP contribution is -1.99. The zero-order chi connectivity index (χ0) is 8.81. The molecular weight excluding hydrogens is 152 g/mol.